The maximum absolute atomic E-state index is 4.34. The minimum absolute atomic E-state index is 0.105. The Labute approximate surface area is 139 Å². The molecule has 0 aliphatic carbocycles. The number of rotatable bonds is 2. The van der Waals surface area contributed by atoms with Gasteiger partial charge in [-0.05, 0) is 31.5 Å². The van der Waals surface area contributed by atoms with Crippen molar-refractivity contribution in [2.45, 2.75) is 20.0 Å². The second-order valence-electron chi connectivity index (χ2n) is 5.68. The van der Waals surface area contributed by atoms with Crippen LogP contribution in [-0.4, -0.2) is 28.5 Å². The van der Waals surface area contributed by atoms with Gasteiger partial charge < -0.3 is 10.6 Å². The van der Waals surface area contributed by atoms with Gasteiger partial charge in [-0.1, -0.05) is 24.3 Å². The molecule has 0 saturated carbocycles. The van der Waals surface area contributed by atoms with Crippen LogP contribution in [0.1, 0.15) is 23.7 Å². The van der Waals surface area contributed by atoms with E-state index in [1.54, 1.807) is 6.20 Å². The lowest BCUT2D eigenvalue weighted by Crippen LogP contribution is -2.49. The van der Waals surface area contributed by atoms with Gasteiger partial charge in [0, 0.05) is 17.4 Å². The highest BCUT2D eigenvalue weighted by molar-refractivity contribution is 6.16. The van der Waals surface area contributed by atoms with E-state index in [0.717, 1.165) is 28.4 Å². The van der Waals surface area contributed by atoms with Crippen LogP contribution in [0, 0.1) is 6.92 Å². The van der Waals surface area contributed by atoms with Crippen molar-refractivity contribution in [3.8, 4) is 0 Å². The number of guanidine groups is 1. The summed E-state index contributed by atoms with van der Waals surface area (Å²) < 4.78 is 0. The van der Waals surface area contributed by atoms with Crippen LogP contribution in [-0.2, 0) is 0 Å². The summed E-state index contributed by atoms with van der Waals surface area (Å²) in [7, 11) is 0. The zero-order chi connectivity index (χ0) is 16.5. The second-order valence-corrected chi connectivity index (χ2v) is 5.68. The highest BCUT2D eigenvalue weighted by Gasteiger charge is 2.31. The molecule has 2 aromatic rings. The quantitative estimate of drug-likeness (QED) is 0.582. The highest BCUT2D eigenvalue weighted by Crippen LogP contribution is 2.29. The first kappa shape index (κ1) is 14.4. The maximum Gasteiger partial charge on any atom is 0.238 e. The summed E-state index contributed by atoms with van der Waals surface area (Å²) in [6.45, 7) is 3.96. The number of hydrogen-bond donors (Lipinski definition) is 3. The Bertz CT molecular complexity index is 868. The number of hydrazone groups is 1. The number of nitrogens with one attached hydrogen (secondary N) is 3. The van der Waals surface area contributed by atoms with Crippen molar-refractivity contribution in [3.05, 3.63) is 59.4 Å². The molecule has 1 atom stereocenters. The summed E-state index contributed by atoms with van der Waals surface area (Å²) in [6, 6.07) is 11.9. The van der Waals surface area contributed by atoms with Crippen LogP contribution in [0.2, 0.25) is 0 Å². The van der Waals surface area contributed by atoms with E-state index < -0.39 is 0 Å². The van der Waals surface area contributed by atoms with Crippen molar-refractivity contribution >= 4 is 23.1 Å². The molecule has 0 spiro atoms. The normalized spacial score (nSPS) is 18.6. The predicted molar refractivity (Wildman–Crippen MR) is 95.3 cm³/mol. The number of fused-ring (bicyclic) bond motifs is 3. The molecule has 1 unspecified atom stereocenters. The second kappa shape index (κ2) is 5.77. The van der Waals surface area contributed by atoms with E-state index >= 15 is 0 Å². The average Bonchev–Trinajstić information content (AvgIpc) is 3.00. The van der Waals surface area contributed by atoms with Crippen molar-refractivity contribution < 1.29 is 0 Å². The number of benzene rings is 1. The molecule has 0 radical (unpaired) electrons. The molecule has 2 aliphatic heterocycles. The molecule has 3 heterocycles. The fourth-order valence-corrected chi connectivity index (χ4v) is 2.75. The molecule has 1 aromatic carbocycles. The zero-order valence-electron chi connectivity index (χ0n) is 13.4. The molecule has 0 saturated heterocycles. The van der Waals surface area contributed by atoms with E-state index in [1.807, 2.05) is 37.3 Å². The summed E-state index contributed by atoms with van der Waals surface area (Å²) in [6.07, 6.45) is 1.63. The lowest BCUT2D eigenvalue weighted by Gasteiger charge is -2.19. The number of nitrogens with zero attached hydrogens (tertiary/aromatic N) is 4. The number of pyridine rings is 1. The van der Waals surface area contributed by atoms with Gasteiger partial charge in [0.1, 0.15) is 11.9 Å². The van der Waals surface area contributed by atoms with Crippen LogP contribution in [0.15, 0.2) is 57.9 Å². The van der Waals surface area contributed by atoms with Gasteiger partial charge in [0.05, 0.1) is 11.4 Å². The summed E-state index contributed by atoms with van der Waals surface area (Å²) in [5.74, 6) is 0.497. The third-order valence-corrected chi connectivity index (χ3v) is 4.01. The topological polar surface area (TPSA) is 86.1 Å². The lowest BCUT2D eigenvalue weighted by molar-refractivity contribution is 0.789. The standard InChI is InChI=1S/C17H17N7/c1-10-6-5-7-12-14(10)19-16-15(12)22-24-17(20-16)23-21-11(2)13-8-3-4-9-18-13/h3-9,16,19H,1-2H3,(H2,20,23,24)/b21-11-. The Balaban J connectivity index is 1.53. The molecule has 2 aliphatic rings. The Morgan fingerprint density at radius 1 is 1.12 bits per heavy atom. The fourth-order valence-electron chi connectivity index (χ4n) is 2.75. The molecule has 3 N–H and O–H groups in total. The van der Waals surface area contributed by atoms with Gasteiger partial charge in [0.25, 0.3) is 0 Å². The van der Waals surface area contributed by atoms with Crippen LogP contribution < -0.4 is 16.1 Å². The van der Waals surface area contributed by atoms with Gasteiger partial charge in [0.15, 0.2) is 0 Å². The molecule has 7 nitrogen and oxygen atoms in total. The largest absolute Gasteiger partial charge is 0.359 e. The smallest absolute Gasteiger partial charge is 0.238 e. The monoisotopic (exact) mass is 319 g/mol. The van der Waals surface area contributed by atoms with E-state index in [-0.39, 0.29) is 6.17 Å². The van der Waals surface area contributed by atoms with Gasteiger partial charge in [-0.15, -0.1) is 10.2 Å². The molecule has 24 heavy (non-hydrogen) atoms. The predicted octanol–water partition coefficient (Wildman–Crippen LogP) is 1.82. The van der Waals surface area contributed by atoms with Crippen molar-refractivity contribution in [2.24, 2.45) is 15.3 Å². The Hall–Kier alpha value is -3.22. The van der Waals surface area contributed by atoms with Crippen molar-refractivity contribution in [3.63, 3.8) is 0 Å². The van der Waals surface area contributed by atoms with Crippen LogP contribution in [0.4, 0.5) is 5.69 Å². The highest BCUT2D eigenvalue weighted by atomic mass is 15.5. The first-order chi connectivity index (χ1) is 11.7. The Morgan fingerprint density at radius 3 is 2.88 bits per heavy atom. The SMILES string of the molecule is C/C(=N/NC1=NN=C2c3cccc(C)c3NC2N1)c1ccccn1. The molecule has 4 rings (SSSR count). The van der Waals surface area contributed by atoms with E-state index in [4.69, 9.17) is 0 Å². The van der Waals surface area contributed by atoms with Gasteiger partial charge >= 0.3 is 0 Å². The van der Waals surface area contributed by atoms with Crippen LogP contribution in [0.5, 0.6) is 0 Å². The number of hydrogen-bond acceptors (Lipinski definition) is 7. The van der Waals surface area contributed by atoms with E-state index in [1.165, 1.54) is 5.56 Å². The molecule has 1 aromatic heterocycles. The first-order valence-corrected chi connectivity index (χ1v) is 7.72. The minimum atomic E-state index is -0.105. The van der Waals surface area contributed by atoms with Gasteiger partial charge in [0.2, 0.25) is 5.96 Å². The lowest BCUT2D eigenvalue weighted by atomic mass is 10.1. The average molecular weight is 319 g/mol. The van der Waals surface area contributed by atoms with E-state index in [9.17, 15) is 0 Å². The summed E-state index contributed by atoms with van der Waals surface area (Å²) in [5, 5.41) is 19.5. The zero-order valence-corrected chi connectivity index (χ0v) is 13.4. The van der Waals surface area contributed by atoms with Crippen molar-refractivity contribution in [1.29, 1.82) is 0 Å². The molecule has 7 heteroatoms. The molecule has 120 valence electrons. The summed E-state index contributed by atoms with van der Waals surface area (Å²) >= 11 is 0. The number of para-hydroxylation sites is 1. The number of aromatic nitrogens is 1. The molecular weight excluding hydrogens is 302 g/mol. The fraction of sp³-hybridized carbons (Fsp3) is 0.176. The third kappa shape index (κ3) is 2.50. The summed E-state index contributed by atoms with van der Waals surface area (Å²) in [5.41, 5.74) is 8.76. The Morgan fingerprint density at radius 2 is 2.04 bits per heavy atom. The third-order valence-electron chi connectivity index (χ3n) is 4.01. The molecule has 0 bridgehead atoms. The van der Waals surface area contributed by atoms with Gasteiger partial charge in [-0.25, -0.2) is 5.43 Å². The van der Waals surface area contributed by atoms with Gasteiger partial charge in [-0.3, -0.25) is 4.98 Å². The van der Waals surface area contributed by atoms with Crippen LogP contribution >= 0.6 is 0 Å². The van der Waals surface area contributed by atoms with E-state index in [2.05, 4.69) is 49.3 Å². The van der Waals surface area contributed by atoms with Crippen molar-refractivity contribution in [2.75, 3.05) is 5.32 Å². The summed E-state index contributed by atoms with van der Waals surface area (Å²) in [4.78, 5) is 4.26. The number of aryl methyl sites for hydroxylation is 1. The molecule has 0 amide bonds. The van der Waals surface area contributed by atoms with Crippen LogP contribution in [0.25, 0.3) is 0 Å². The molecule has 0 fully saturated rings. The molecular formula is C17H17N7. The maximum atomic E-state index is 4.34. The first-order valence-electron chi connectivity index (χ1n) is 7.72. The minimum Gasteiger partial charge on any atom is -0.359 e. The van der Waals surface area contributed by atoms with Crippen molar-refractivity contribution in [1.82, 2.24) is 15.7 Å². The van der Waals surface area contributed by atoms with Gasteiger partial charge in [-0.2, -0.15) is 5.10 Å². The Kier molecular flexibility index (Phi) is 3.45. The van der Waals surface area contributed by atoms with Crippen LogP contribution in [0.3, 0.4) is 0 Å². The van der Waals surface area contributed by atoms with E-state index in [0.29, 0.717) is 5.96 Å². The number of anilines is 1.